The number of amides is 1. The van der Waals surface area contributed by atoms with E-state index in [4.69, 9.17) is 0 Å². The highest BCUT2D eigenvalue weighted by molar-refractivity contribution is 5.78. The van der Waals surface area contributed by atoms with E-state index in [9.17, 15) is 9.90 Å². The first-order chi connectivity index (χ1) is 10.1. The van der Waals surface area contributed by atoms with Crippen LogP contribution >= 0.6 is 0 Å². The number of nitrogens with one attached hydrogen (secondary N) is 2. The first-order valence-electron chi connectivity index (χ1n) is 8.78. The van der Waals surface area contributed by atoms with Crippen LogP contribution in [0.1, 0.15) is 65.2 Å². The Hall–Kier alpha value is -0.610. The number of hydrogen-bond donors (Lipinski definition) is 3. The van der Waals surface area contributed by atoms with Gasteiger partial charge in [0.2, 0.25) is 5.91 Å². The van der Waals surface area contributed by atoms with Crippen LogP contribution in [0, 0.1) is 11.8 Å². The third-order valence-electron chi connectivity index (χ3n) is 5.24. The molecule has 2 rings (SSSR count). The Labute approximate surface area is 129 Å². The molecular formula is C17H32N2O2. The minimum Gasteiger partial charge on any atom is -0.390 e. The molecule has 4 nitrogen and oxygen atoms in total. The van der Waals surface area contributed by atoms with E-state index < -0.39 is 6.10 Å². The molecule has 0 aromatic rings. The summed E-state index contributed by atoms with van der Waals surface area (Å²) in [6.45, 7) is 4.74. The van der Waals surface area contributed by atoms with Gasteiger partial charge in [-0.25, -0.2) is 0 Å². The molecule has 0 aromatic carbocycles. The molecule has 0 aromatic heterocycles. The Balaban J connectivity index is 1.78. The van der Waals surface area contributed by atoms with Gasteiger partial charge in [-0.15, -0.1) is 0 Å². The van der Waals surface area contributed by atoms with Crippen molar-refractivity contribution in [2.24, 2.45) is 11.8 Å². The summed E-state index contributed by atoms with van der Waals surface area (Å²) in [6.07, 6.45) is 8.96. The van der Waals surface area contributed by atoms with E-state index in [0.29, 0.717) is 12.6 Å². The third kappa shape index (κ3) is 5.26. The molecule has 2 fully saturated rings. The molecule has 1 saturated heterocycles. The van der Waals surface area contributed by atoms with Crippen molar-refractivity contribution in [2.45, 2.75) is 83.4 Å². The second-order valence-electron chi connectivity index (χ2n) is 7.21. The standard InChI is InChI=1S/C17H32N2O2/c1-12(10-14-6-4-3-5-7-14)17(21)19-15-9-8-13(2)18-11-16(15)20/h12-16,18,20H,3-11H2,1-2H3,(H,19,21)/t12-,13+,15-,16-/m0/s1. The smallest absolute Gasteiger partial charge is 0.223 e. The van der Waals surface area contributed by atoms with Crippen LogP contribution in [0.5, 0.6) is 0 Å². The van der Waals surface area contributed by atoms with Crippen LogP contribution in [0.4, 0.5) is 0 Å². The Kier molecular flexibility index (Phi) is 6.49. The lowest BCUT2D eigenvalue weighted by Gasteiger charge is -2.27. The zero-order chi connectivity index (χ0) is 15.2. The highest BCUT2D eigenvalue weighted by atomic mass is 16.3. The topological polar surface area (TPSA) is 61.4 Å². The monoisotopic (exact) mass is 296 g/mol. The summed E-state index contributed by atoms with van der Waals surface area (Å²) in [5, 5.41) is 16.5. The molecule has 2 aliphatic rings. The fourth-order valence-corrected chi connectivity index (χ4v) is 3.71. The highest BCUT2D eigenvalue weighted by Crippen LogP contribution is 2.29. The fourth-order valence-electron chi connectivity index (χ4n) is 3.71. The number of aliphatic hydroxyl groups is 1. The lowest BCUT2D eigenvalue weighted by molar-refractivity contribution is -0.126. The average molecular weight is 296 g/mol. The zero-order valence-corrected chi connectivity index (χ0v) is 13.6. The van der Waals surface area contributed by atoms with Crippen LogP contribution in [0.15, 0.2) is 0 Å². The van der Waals surface area contributed by atoms with E-state index >= 15 is 0 Å². The number of β-amino-alcohol motifs (C(OH)–C–C–N with tert-alkyl or cyclic N) is 1. The number of carbonyl (C=O) groups is 1. The summed E-state index contributed by atoms with van der Waals surface area (Å²) in [5.74, 6) is 0.911. The third-order valence-corrected chi connectivity index (χ3v) is 5.24. The quantitative estimate of drug-likeness (QED) is 0.745. The molecule has 122 valence electrons. The summed E-state index contributed by atoms with van der Waals surface area (Å²) >= 11 is 0. The number of aliphatic hydroxyl groups excluding tert-OH is 1. The van der Waals surface area contributed by atoms with E-state index in [0.717, 1.165) is 25.2 Å². The first kappa shape index (κ1) is 16.8. The van der Waals surface area contributed by atoms with Crippen molar-refractivity contribution >= 4 is 5.91 Å². The van der Waals surface area contributed by atoms with Crippen molar-refractivity contribution in [2.75, 3.05) is 6.54 Å². The predicted octanol–water partition coefficient (Wildman–Crippen LogP) is 2.21. The maximum absolute atomic E-state index is 12.4. The van der Waals surface area contributed by atoms with Gasteiger partial charge in [-0.1, -0.05) is 39.0 Å². The number of hydrogen-bond acceptors (Lipinski definition) is 3. The molecule has 1 saturated carbocycles. The van der Waals surface area contributed by atoms with Crippen LogP contribution < -0.4 is 10.6 Å². The molecule has 4 heteroatoms. The predicted molar refractivity (Wildman–Crippen MR) is 85.0 cm³/mol. The van der Waals surface area contributed by atoms with E-state index in [1.54, 1.807) is 0 Å². The largest absolute Gasteiger partial charge is 0.390 e. The van der Waals surface area contributed by atoms with Crippen LogP contribution in [0.3, 0.4) is 0 Å². The van der Waals surface area contributed by atoms with Crippen LogP contribution in [-0.4, -0.2) is 35.7 Å². The van der Waals surface area contributed by atoms with Crippen LogP contribution in [0.2, 0.25) is 0 Å². The average Bonchev–Trinajstić information content (AvgIpc) is 2.63. The Morgan fingerprint density at radius 1 is 1.24 bits per heavy atom. The summed E-state index contributed by atoms with van der Waals surface area (Å²) < 4.78 is 0. The van der Waals surface area contributed by atoms with Gasteiger partial charge in [-0.2, -0.15) is 0 Å². The number of carbonyl (C=O) groups excluding carboxylic acids is 1. The maximum atomic E-state index is 12.4. The molecule has 0 radical (unpaired) electrons. The van der Waals surface area contributed by atoms with Gasteiger partial charge < -0.3 is 15.7 Å². The second-order valence-corrected chi connectivity index (χ2v) is 7.21. The van der Waals surface area contributed by atoms with Gasteiger partial charge in [-0.3, -0.25) is 4.79 Å². The highest BCUT2D eigenvalue weighted by Gasteiger charge is 2.28. The van der Waals surface area contributed by atoms with Gasteiger partial charge in [0.25, 0.3) is 0 Å². The van der Waals surface area contributed by atoms with Crippen molar-refractivity contribution < 1.29 is 9.90 Å². The zero-order valence-electron chi connectivity index (χ0n) is 13.6. The summed E-state index contributed by atoms with van der Waals surface area (Å²) in [5.41, 5.74) is 0. The summed E-state index contributed by atoms with van der Waals surface area (Å²) in [7, 11) is 0. The molecule has 21 heavy (non-hydrogen) atoms. The van der Waals surface area contributed by atoms with Crippen molar-refractivity contribution in [1.29, 1.82) is 0 Å². The molecule has 0 unspecified atom stereocenters. The fraction of sp³-hybridized carbons (Fsp3) is 0.941. The molecule has 0 bridgehead atoms. The molecule has 1 aliphatic carbocycles. The van der Waals surface area contributed by atoms with E-state index in [1.165, 1.54) is 32.1 Å². The minimum atomic E-state index is -0.471. The van der Waals surface area contributed by atoms with Crippen molar-refractivity contribution in [3.63, 3.8) is 0 Å². The number of rotatable bonds is 4. The van der Waals surface area contributed by atoms with Gasteiger partial charge in [0.1, 0.15) is 0 Å². The van der Waals surface area contributed by atoms with Crippen molar-refractivity contribution in [3.05, 3.63) is 0 Å². The lowest BCUT2D eigenvalue weighted by atomic mass is 9.83. The van der Waals surface area contributed by atoms with Gasteiger partial charge in [-0.05, 0) is 32.1 Å². The van der Waals surface area contributed by atoms with Gasteiger partial charge >= 0.3 is 0 Å². The Morgan fingerprint density at radius 3 is 2.67 bits per heavy atom. The molecular weight excluding hydrogens is 264 g/mol. The molecule has 1 aliphatic heterocycles. The van der Waals surface area contributed by atoms with Gasteiger partial charge in [0, 0.05) is 18.5 Å². The molecule has 0 spiro atoms. The molecule has 1 heterocycles. The normalized spacial score (nSPS) is 33.2. The van der Waals surface area contributed by atoms with Crippen molar-refractivity contribution in [3.8, 4) is 0 Å². The Morgan fingerprint density at radius 2 is 1.95 bits per heavy atom. The van der Waals surface area contributed by atoms with Crippen LogP contribution in [-0.2, 0) is 4.79 Å². The van der Waals surface area contributed by atoms with Crippen molar-refractivity contribution in [1.82, 2.24) is 10.6 Å². The SMILES string of the molecule is C[C@@H]1CC[C@H](NC(=O)[C@@H](C)CC2CCCCC2)[C@@H](O)CN1. The minimum absolute atomic E-state index is 0.0638. The summed E-state index contributed by atoms with van der Waals surface area (Å²) in [6, 6.07) is 0.324. The maximum Gasteiger partial charge on any atom is 0.223 e. The van der Waals surface area contributed by atoms with E-state index in [-0.39, 0.29) is 17.9 Å². The molecule has 3 N–H and O–H groups in total. The van der Waals surface area contributed by atoms with Gasteiger partial charge in [0.05, 0.1) is 12.1 Å². The first-order valence-corrected chi connectivity index (χ1v) is 8.78. The van der Waals surface area contributed by atoms with Gasteiger partial charge in [0.15, 0.2) is 0 Å². The lowest BCUT2D eigenvalue weighted by Crippen LogP contribution is -2.47. The van der Waals surface area contributed by atoms with Crippen LogP contribution in [0.25, 0.3) is 0 Å². The van der Waals surface area contributed by atoms with E-state index in [1.807, 2.05) is 6.92 Å². The molecule has 1 amide bonds. The summed E-state index contributed by atoms with van der Waals surface area (Å²) in [4.78, 5) is 12.4. The Bertz CT molecular complexity index is 329. The second kappa shape index (κ2) is 8.14. The van der Waals surface area contributed by atoms with E-state index in [2.05, 4.69) is 17.6 Å². The molecule has 4 atom stereocenters.